The number of phenolic OH excluding ortho intramolecular Hbond substituents is 2. The first kappa shape index (κ1) is 50.9. The molecule has 0 fully saturated rings. The van der Waals surface area contributed by atoms with Gasteiger partial charge in [0.25, 0.3) is 56.1 Å². The maximum atomic E-state index is 13.3. The summed E-state index contributed by atoms with van der Waals surface area (Å²) in [5, 5.41) is 54.3. The minimum Gasteiger partial charge on any atom is -0.507 e. The molecule has 0 aliphatic heterocycles. The molecule has 7 aromatic rings. The molecule has 34 heteroatoms. The van der Waals surface area contributed by atoms with Crippen molar-refractivity contribution in [2.45, 2.75) is 24.5 Å². The number of carboxylic acid groups (broad SMARTS) is 1. The van der Waals surface area contributed by atoms with Crippen LogP contribution >= 0.6 is 0 Å². The van der Waals surface area contributed by atoms with Gasteiger partial charge in [-0.25, -0.2) is 9.48 Å². The van der Waals surface area contributed by atoms with E-state index in [4.69, 9.17) is 4.74 Å². The molecule has 0 aliphatic carbocycles. The number of ether oxygens (including phenoxy) is 1. The zero-order valence-corrected chi connectivity index (χ0v) is 38.7. The molecule has 29 nitrogen and oxygen atoms in total. The molecule has 7 rings (SSSR count). The van der Waals surface area contributed by atoms with Crippen LogP contribution < -0.4 is 10.3 Å². The molecule has 9 N–H and O–H groups in total. The zero-order chi connectivity index (χ0) is 52.3. The van der Waals surface area contributed by atoms with Gasteiger partial charge in [-0.1, -0.05) is 0 Å². The van der Waals surface area contributed by atoms with E-state index in [-0.39, 0.29) is 17.1 Å². The van der Waals surface area contributed by atoms with Crippen molar-refractivity contribution in [1.29, 1.82) is 0 Å². The third-order valence-electron chi connectivity index (χ3n) is 9.72. The topological polar surface area (TPSA) is 471 Å². The number of methoxy groups -OCH3 is 1. The quantitative estimate of drug-likeness (QED) is 0.0440. The monoisotopic (exact) mass is 1080 g/mol. The Labute approximate surface area is 396 Å². The number of azo groups is 3. The highest BCUT2D eigenvalue weighted by Gasteiger charge is 2.29. The third-order valence-corrected chi connectivity index (χ3v) is 14.1. The standard InChI is InChI=1S/C37H26N8O21S5/c1-66-17-4-8-24(28(12-17)69(57,58)59)39-40-25-11-10-23(22-13-19(68(54,55)56)14-27(46)30(22)25)38-42-31-29(70(60,61)62)15-21-20(34(31)47)7-9-26(35(21)71(63,64)65)41-43-32-33(37(49)50)44-45(36(32)48)16-2-5-18(6-3-16)67(51,52)53/h2-15,44,46-47H,1H3,(H,49,50)(H,51,52,53)(H,54,55,56)(H,57,58,59)(H,60,61,62)(H,63,64,65). The Morgan fingerprint density at radius 1 is 0.549 bits per heavy atom. The summed E-state index contributed by atoms with van der Waals surface area (Å²) < 4.78 is 178. The largest absolute Gasteiger partial charge is 0.507 e. The first-order valence-electron chi connectivity index (χ1n) is 18.5. The number of phenols is 2. The second-order valence-corrected chi connectivity index (χ2v) is 21.1. The van der Waals surface area contributed by atoms with Crippen LogP contribution in [0.15, 0.2) is 145 Å². The second kappa shape index (κ2) is 18.1. The van der Waals surface area contributed by atoms with Crippen molar-refractivity contribution in [3.8, 4) is 22.9 Å². The fourth-order valence-electron chi connectivity index (χ4n) is 6.59. The van der Waals surface area contributed by atoms with E-state index < -0.39 is 154 Å². The summed E-state index contributed by atoms with van der Waals surface area (Å²) >= 11 is 0. The summed E-state index contributed by atoms with van der Waals surface area (Å²) in [4.78, 5) is 20.4. The SMILES string of the molecule is COc1ccc(N=Nc2ccc(N=Nc3c(S(=O)(=O)O)cc4c(S(=O)(=O)O)c(N=Nc5c(C(=O)O)[nH]n(-c6ccc(S(=O)(=O)O)cc6)c5=O)ccc4c3O)c3cc(S(=O)(=O)O)cc(O)c23)c(S(=O)(=O)O)c1. The van der Waals surface area contributed by atoms with Gasteiger partial charge in [0.15, 0.2) is 17.1 Å². The Hall–Kier alpha value is -7.93. The van der Waals surface area contributed by atoms with Gasteiger partial charge < -0.3 is 20.1 Å². The van der Waals surface area contributed by atoms with Gasteiger partial charge in [0.05, 0.1) is 39.3 Å². The van der Waals surface area contributed by atoms with E-state index in [2.05, 4.69) is 35.8 Å². The lowest BCUT2D eigenvalue weighted by molar-refractivity contribution is 0.0690. The summed E-state index contributed by atoms with van der Waals surface area (Å²) in [6, 6.07) is 12.2. The number of hydrogen-bond acceptors (Lipinski definition) is 21. The fourth-order valence-corrected chi connectivity index (χ4v) is 9.71. The average Bonchev–Trinajstić information content (AvgIpc) is 3.61. The van der Waals surface area contributed by atoms with Crippen molar-refractivity contribution < 1.29 is 89.7 Å². The Kier molecular flexibility index (Phi) is 13.0. The molecule has 0 radical (unpaired) electrons. The predicted molar refractivity (Wildman–Crippen MR) is 239 cm³/mol. The van der Waals surface area contributed by atoms with Crippen molar-refractivity contribution in [1.82, 2.24) is 9.78 Å². The number of rotatable bonds is 14. The molecule has 0 saturated carbocycles. The van der Waals surface area contributed by atoms with Crippen LogP contribution in [0, 0.1) is 0 Å². The third kappa shape index (κ3) is 10.2. The number of carbonyl (C=O) groups is 1. The number of nitrogens with zero attached hydrogens (tertiary/aromatic N) is 7. The molecular weight excluding hydrogens is 1050 g/mol. The number of fused-ring (bicyclic) bond motifs is 2. The Morgan fingerprint density at radius 3 is 1.68 bits per heavy atom. The maximum absolute atomic E-state index is 13.3. The van der Waals surface area contributed by atoms with Gasteiger partial charge in [-0.2, -0.15) is 42.1 Å². The van der Waals surface area contributed by atoms with E-state index in [0.717, 1.165) is 66.7 Å². The molecule has 370 valence electrons. The summed E-state index contributed by atoms with van der Waals surface area (Å²) in [5.74, 6) is -4.05. The predicted octanol–water partition coefficient (Wildman–Crippen LogP) is 6.07. The van der Waals surface area contributed by atoms with Crippen molar-refractivity contribution >= 4 is 112 Å². The Morgan fingerprint density at radius 2 is 1.10 bits per heavy atom. The van der Waals surface area contributed by atoms with Crippen LogP contribution in [-0.2, 0) is 50.6 Å². The fraction of sp³-hybridized carbons (Fsp3) is 0.0270. The van der Waals surface area contributed by atoms with Crippen LogP contribution in [0.4, 0.5) is 34.1 Å². The molecule has 0 spiro atoms. The highest BCUT2D eigenvalue weighted by Crippen LogP contribution is 2.47. The van der Waals surface area contributed by atoms with Crippen LogP contribution in [0.3, 0.4) is 0 Å². The van der Waals surface area contributed by atoms with Gasteiger partial charge in [0, 0.05) is 28.3 Å². The number of aromatic hydroxyl groups is 2. The van der Waals surface area contributed by atoms with Crippen LogP contribution in [0.5, 0.6) is 17.2 Å². The van der Waals surface area contributed by atoms with Crippen LogP contribution in [0.25, 0.3) is 27.2 Å². The van der Waals surface area contributed by atoms with Crippen LogP contribution in [-0.4, -0.2) is 103 Å². The lowest BCUT2D eigenvalue weighted by Gasteiger charge is -2.13. The minimum atomic E-state index is -5.63. The lowest BCUT2D eigenvalue weighted by atomic mass is 10.1. The number of H-pyrrole nitrogens is 1. The number of hydrogen-bond donors (Lipinski definition) is 9. The molecule has 1 heterocycles. The van der Waals surface area contributed by atoms with E-state index in [1.807, 2.05) is 0 Å². The van der Waals surface area contributed by atoms with Crippen molar-refractivity contribution in [3.05, 3.63) is 101 Å². The molecule has 71 heavy (non-hydrogen) atoms. The molecule has 6 aromatic carbocycles. The van der Waals surface area contributed by atoms with E-state index in [1.54, 1.807) is 0 Å². The highest BCUT2D eigenvalue weighted by atomic mass is 32.2. The normalized spacial score (nSPS) is 13.0. The van der Waals surface area contributed by atoms with E-state index in [1.165, 1.54) is 13.2 Å². The number of carboxylic acids is 1. The van der Waals surface area contributed by atoms with E-state index in [0.29, 0.717) is 16.8 Å². The summed E-state index contributed by atoms with van der Waals surface area (Å²) in [6.45, 7) is 0. The molecule has 0 bridgehead atoms. The smallest absolute Gasteiger partial charge is 0.356 e. The first-order valence-corrected chi connectivity index (χ1v) is 25.7. The number of aromatic nitrogens is 2. The van der Waals surface area contributed by atoms with Gasteiger partial charge in [-0.15, -0.1) is 30.7 Å². The molecule has 1 aromatic heterocycles. The molecule has 0 atom stereocenters. The Bertz CT molecular complexity index is 4190. The molecule has 0 amide bonds. The summed E-state index contributed by atoms with van der Waals surface area (Å²) in [5.41, 5.74) is -6.87. The molecular formula is C37H26N8O21S5. The molecule has 0 aliphatic rings. The van der Waals surface area contributed by atoms with Gasteiger partial charge in [0.2, 0.25) is 0 Å². The van der Waals surface area contributed by atoms with Crippen molar-refractivity contribution in [2.75, 3.05) is 7.11 Å². The first-order chi connectivity index (χ1) is 32.9. The lowest BCUT2D eigenvalue weighted by Crippen LogP contribution is -2.14. The second-order valence-electron chi connectivity index (χ2n) is 14.1. The number of aromatic amines is 1. The summed E-state index contributed by atoms with van der Waals surface area (Å²) in [6.07, 6.45) is 0. The van der Waals surface area contributed by atoms with Gasteiger partial charge in [0.1, 0.15) is 43.2 Å². The van der Waals surface area contributed by atoms with E-state index >= 15 is 0 Å². The van der Waals surface area contributed by atoms with Crippen LogP contribution in [0.2, 0.25) is 0 Å². The summed E-state index contributed by atoms with van der Waals surface area (Å²) in [7, 11) is -24.8. The number of benzene rings is 6. The maximum Gasteiger partial charge on any atom is 0.356 e. The average molecular weight is 1080 g/mol. The van der Waals surface area contributed by atoms with Gasteiger partial charge >= 0.3 is 5.97 Å². The minimum absolute atomic E-state index is 0.0118. The molecule has 0 saturated heterocycles. The van der Waals surface area contributed by atoms with Crippen LogP contribution in [0.1, 0.15) is 10.5 Å². The Balaban J connectivity index is 1.38. The van der Waals surface area contributed by atoms with E-state index in [9.17, 15) is 89.8 Å². The number of aromatic carboxylic acids is 1. The van der Waals surface area contributed by atoms with Crippen molar-refractivity contribution in [2.24, 2.45) is 30.7 Å². The molecule has 0 unspecified atom stereocenters. The van der Waals surface area contributed by atoms with Crippen molar-refractivity contribution in [3.63, 3.8) is 0 Å². The van der Waals surface area contributed by atoms with Gasteiger partial charge in [-0.05, 0) is 72.8 Å². The highest BCUT2D eigenvalue weighted by molar-refractivity contribution is 7.87. The van der Waals surface area contributed by atoms with Gasteiger partial charge in [-0.3, -0.25) is 32.7 Å². The number of nitrogens with one attached hydrogen (secondary N) is 1. The zero-order valence-electron chi connectivity index (χ0n) is 34.6.